The highest BCUT2D eigenvalue weighted by Gasteiger charge is 2.45. The highest BCUT2D eigenvalue weighted by molar-refractivity contribution is 5.74. The van der Waals surface area contributed by atoms with Crippen molar-refractivity contribution in [2.24, 2.45) is 11.7 Å². The Balaban J connectivity index is 2.03. The molecule has 3 N–H and O–H groups in total. The van der Waals surface area contributed by atoms with Gasteiger partial charge in [-0.1, -0.05) is 30.3 Å². The van der Waals surface area contributed by atoms with Crippen molar-refractivity contribution < 1.29 is 9.90 Å². The molecule has 1 aromatic carbocycles. The minimum Gasteiger partial charge on any atom is -0.480 e. The number of rotatable bonds is 3. The molecule has 1 aromatic rings. The van der Waals surface area contributed by atoms with Gasteiger partial charge in [0, 0.05) is 0 Å². The van der Waals surface area contributed by atoms with Crippen molar-refractivity contribution in [3.05, 3.63) is 35.9 Å². The third-order valence-corrected chi connectivity index (χ3v) is 2.81. The second kappa shape index (κ2) is 3.42. The van der Waals surface area contributed by atoms with Crippen LogP contribution in [0.25, 0.3) is 0 Å². The molecule has 1 aliphatic rings. The summed E-state index contributed by atoms with van der Waals surface area (Å²) >= 11 is 0. The first-order chi connectivity index (χ1) is 6.70. The van der Waals surface area contributed by atoms with E-state index in [0.29, 0.717) is 5.92 Å². The molecule has 1 aliphatic carbocycles. The van der Waals surface area contributed by atoms with E-state index in [1.807, 2.05) is 30.3 Å². The van der Waals surface area contributed by atoms with Gasteiger partial charge in [-0.2, -0.15) is 0 Å². The molecule has 1 fully saturated rings. The van der Waals surface area contributed by atoms with Gasteiger partial charge in [0.25, 0.3) is 0 Å². The van der Waals surface area contributed by atoms with E-state index >= 15 is 0 Å². The summed E-state index contributed by atoms with van der Waals surface area (Å²) in [6, 6.07) is 9.24. The van der Waals surface area contributed by atoms with Gasteiger partial charge < -0.3 is 10.8 Å². The Labute approximate surface area is 82.5 Å². The number of nitrogens with two attached hydrogens (primary N) is 1. The predicted molar refractivity (Wildman–Crippen MR) is 52.9 cm³/mol. The molecule has 2 rings (SSSR count). The molecule has 0 bridgehead atoms. The maximum atomic E-state index is 10.6. The average molecular weight is 191 g/mol. The highest BCUT2D eigenvalue weighted by Crippen LogP contribution is 2.48. The van der Waals surface area contributed by atoms with Crippen LogP contribution in [-0.2, 0) is 4.79 Å². The molecule has 0 aliphatic heterocycles. The normalized spacial score (nSPS) is 26.9. The zero-order valence-corrected chi connectivity index (χ0v) is 7.76. The molecule has 0 heterocycles. The minimum absolute atomic E-state index is 0.120. The summed E-state index contributed by atoms with van der Waals surface area (Å²) in [5, 5.41) is 8.73. The van der Waals surface area contributed by atoms with Gasteiger partial charge in [-0.05, 0) is 23.8 Å². The molecule has 3 atom stereocenters. The zero-order chi connectivity index (χ0) is 10.1. The average Bonchev–Trinajstić information content (AvgIpc) is 2.97. The van der Waals surface area contributed by atoms with Crippen LogP contribution in [0.3, 0.4) is 0 Å². The van der Waals surface area contributed by atoms with Crippen LogP contribution >= 0.6 is 0 Å². The van der Waals surface area contributed by atoms with Crippen LogP contribution in [0.15, 0.2) is 30.3 Å². The zero-order valence-electron chi connectivity index (χ0n) is 7.76. The van der Waals surface area contributed by atoms with E-state index in [-0.39, 0.29) is 5.92 Å². The van der Waals surface area contributed by atoms with Gasteiger partial charge >= 0.3 is 5.97 Å². The van der Waals surface area contributed by atoms with Crippen LogP contribution in [-0.4, -0.2) is 17.1 Å². The lowest BCUT2D eigenvalue weighted by molar-refractivity contribution is -0.139. The standard InChI is InChI=1S/C11H13NO2/c12-10(11(13)14)9-6-8(9)7-4-2-1-3-5-7/h1-5,8-10H,6,12H2,(H,13,14)/t8-,9-,10-/m0/s1. The molecule has 0 aromatic heterocycles. The van der Waals surface area contributed by atoms with E-state index in [9.17, 15) is 4.79 Å². The quantitative estimate of drug-likeness (QED) is 0.754. The van der Waals surface area contributed by atoms with Gasteiger partial charge in [0.2, 0.25) is 0 Å². The van der Waals surface area contributed by atoms with E-state index in [1.165, 1.54) is 5.56 Å². The first-order valence-electron chi connectivity index (χ1n) is 4.73. The first-order valence-corrected chi connectivity index (χ1v) is 4.73. The van der Waals surface area contributed by atoms with Crippen LogP contribution in [0.2, 0.25) is 0 Å². The van der Waals surface area contributed by atoms with Crippen LogP contribution in [0.4, 0.5) is 0 Å². The maximum Gasteiger partial charge on any atom is 0.320 e. The smallest absolute Gasteiger partial charge is 0.320 e. The molecule has 0 spiro atoms. The van der Waals surface area contributed by atoms with E-state index in [2.05, 4.69) is 0 Å². The molecule has 0 unspecified atom stereocenters. The number of carboxylic acid groups (broad SMARTS) is 1. The molecule has 0 amide bonds. The van der Waals surface area contributed by atoms with Gasteiger partial charge in [-0.25, -0.2) is 0 Å². The molecule has 74 valence electrons. The highest BCUT2D eigenvalue weighted by atomic mass is 16.4. The van der Waals surface area contributed by atoms with Gasteiger partial charge in [-0.3, -0.25) is 4.79 Å². The maximum absolute atomic E-state index is 10.6. The fraction of sp³-hybridized carbons (Fsp3) is 0.364. The summed E-state index contributed by atoms with van der Waals surface area (Å²) in [5.41, 5.74) is 6.75. The lowest BCUT2D eigenvalue weighted by Gasteiger charge is -2.04. The van der Waals surface area contributed by atoms with Gasteiger partial charge in [0.15, 0.2) is 0 Å². The molecule has 0 saturated heterocycles. The van der Waals surface area contributed by atoms with Crippen molar-refractivity contribution in [1.82, 2.24) is 0 Å². The summed E-state index contributed by atoms with van der Waals surface area (Å²) in [7, 11) is 0. The minimum atomic E-state index is -0.895. The number of benzene rings is 1. The SMILES string of the molecule is N[C@H](C(=O)O)[C@H]1C[C@H]1c1ccccc1. The van der Waals surface area contributed by atoms with Crippen LogP contribution < -0.4 is 5.73 Å². The van der Waals surface area contributed by atoms with Crippen LogP contribution in [0.5, 0.6) is 0 Å². The summed E-state index contributed by atoms with van der Waals surface area (Å²) in [6.45, 7) is 0. The third-order valence-electron chi connectivity index (χ3n) is 2.81. The first kappa shape index (κ1) is 9.21. The van der Waals surface area contributed by atoms with Crippen LogP contribution in [0, 0.1) is 5.92 Å². The van der Waals surface area contributed by atoms with Crippen LogP contribution in [0.1, 0.15) is 17.9 Å². The molecular formula is C11H13NO2. The number of carboxylic acids is 1. The molecule has 0 radical (unpaired) electrons. The molecule has 1 saturated carbocycles. The lowest BCUT2D eigenvalue weighted by atomic mass is 10.1. The Bertz CT molecular complexity index is 336. The Morgan fingerprint density at radius 2 is 2.07 bits per heavy atom. The van der Waals surface area contributed by atoms with Gasteiger partial charge in [0.1, 0.15) is 6.04 Å². The van der Waals surface area contributed by atoms with E-state index < -0.39 is 12.0 Å². The van der Waals surface area contributed by atoms with Crippen molar-refractivity contribution >= 4 is 5.97 Å². The van der Waals surface area contributed by atoms with E-state index in [1.54, 1.807) is 0 Å². The molecule has 3 heteroatoms. The molecular weight excluding hydrogens is 178 g/mol. The Morgan fingerprint density at radius 1 is 1.43 bits per heavy atom. The summed E-state index contributed by atoms with van der Waals surface area (Å²) in [6.07, 6.45) is 0.900. The van der Waals surface area contributed by atoms with Crippen molar-refractivity contribution in [2.45, 2.75) is 18.4 Å². The predicted octanol–water partition coefficient (Wildman–Crippen LogP) is 1.20. The summed E-state index contributed by atoms with van der Waals surface area (Å²) in [5.74, 6) is -0.425. The lowest BCUT2D eigenvalue weighted by Crippen LogP contribution is -2.32. The Hall–Kier alpha value is -1.35. The van der Waals surface area contributed by atoms with Crippen molar-refractivity contribution in [3.8, 4) is 0 Å². The fourth-order valence-corrected chi connectivity index (χ4v) is 1.88. The van der Waals surface area contributed by atoms with E-state index in [4.69, 9.17) is 10.8 Å². The molecule has 3 nitrogen and oxygen atoms in total. The third kappa shape index (κ3) is 1.63. The van der Waals surface area contributed by atoms with Crippen molar-refractivity contribution in [3.63, 3.8) is 0 Å². The van der Waals surface area contributed by atoms with Gasteiger partial charge in [-0.15, -0.1) is 0 Å². The Kier molecular flexibility index (Phi) is 2.25. The fourth-order valence-electron chi connectivity index (χ4n) is 1.88. The van der Waals surface area contributed by atoms with Gasteiger partial charge in [0.05, 0.1) is 0 Å². The molecule has 14 heavy (non-hydrogen) atoms. The number of hydrogen-bond donors (Lipinski definition) is 2. The summed E-state index contributed by atoms with van der Waals surface area (Å²) in [4.78, 5) is 10.6. The van der Waals surface area contributed by atoms with Crippen molar-refractivity contribution in [2.75, 3.05) is 0 Å². The largest absolute Gasteiger partial charge is 0.480 e. The topological polar surface area (TPSA) is 63.3 Å². The second-order valence-electron chi connectivity index (χ2n) is 3.78. The number of carbonyl (C=O) groups is 1. The summed E-state index contributed by atoms with van der Waals surface area (Å²) < 4.78 is 0. The van der Waals surface area contributed by atoms with E-state index in [0.717, 1.165) is 6.42 Å². The number of aliphatic carboxylic acids is 1. The monoisotopic (exact) mass is 191 g/mol. The number of hydrogen-bond acceptors (Lipinski definition) is 2. The van der Waals surface area contributed by atoms with Crippen molar-refractivity contribution in [1.29, 1.82) is 0 Å². The Morgan fingerprint density at radius 3 is 2.64 bits per heavy atom. The second-order valence-corrected chi connectivity index (χ2v) is 3.78.